The minimum absolute atomic E-state index is 0.0121. The van der Waals surface area contributed by atoms with Crippen LogP contribution in [0.2, 0.25) is 0 Å². The fourth-order valence-electron chi connectivity index (χ4n) is 2.53. The molecule has 0 radical (unpaired) electrons. The van der Waals surface area contributed by atoms with E-state index in [1.807, 2.05) is 6.92 Å². The molecule has 0 saturated heterocycles. The van der Waals surface area contributed by atoms with Gasteiger partial charge in [0.05, 0.1) is 18.2 Å². The summed E-state index contributed by atoms with van der Waals surface area (Å²) >= 11 is 0. The molecule has 0 aromatic heterocycles. The zero-order chi connectivity index (χ0) is 22.5. The first-order valence-electron chi connectivity index (χ1n) is 9.00. The molecule has 3 aromatic rings. The maximum atomic E-state index is 12.5. The maximum absolute atomic E-state index is 12.5. The van der Waals surface area contributed by atoms with Crippen molar-refractivity contribution in [3.63, 3.8) is 0 Å². The lowest BCUT2D eigenvalue weighted by molar-refractivity contribution is 0.390. The zero-order valence-corrected chi connectivity index (χ0v) is 18.4. The van der Waals surface area contributed by atoms with E-state index in [1.165, 1.54) is 49.7 Å². The Kier molecular flexibility index (Phi) is 6.62. The van der Waals surface area contributed by atoms with Gasteiger partial charge in [-0.25, -0.2) is 4.83 Å². The quantitative estimate of drug-likeness (QED) is 0.314. The van der Waals surface area contributed by atoms with Crippen LogP contribution in [0.25, 0.3) is 0 Å². The number of hydrogen-bond acceptors (Lipinski definition) is 7. The van der Waals surface area contributed by atoms with Gasteiger partial charge in [0.15, 0.2) is 11.5 Å². The number of ether oxygens (including phenoxy) is 1. The molecule has 0 spiro atoms. The minimum atomic E-state index is -4.08. The van der Waals surface area contributed by atoms with E-state index in [9.17, 15) is 16.8 Å². The molecule has 10 heteroatoms. The molecule has 0 aliphatic heterocycles. The molecule has 31 heavy (non-hydrogen) atoms. The maximum Gasteiger partial charge on any atom is 0.339 e. The molecule has 0 aliphatic carbocycles. The van der Waals surface area contributed by atoms with E-state index in [-0.39, 0.29) is 21.3 Å². The second-order valence-corrected chi connectivity index (χ2v) is 9.63. The summed E-state index contributed by atoms with van der Waals surface area (Å²) in [5.41, 5.74) is 1.32. The molecule has 0 aliphatic rings. The first-order valence-corrected chi connectivity index (χ1v) is 11.9. The van der Waals surface area contributed by atoms with Gasteiger partial charge in [-0.15, -0.1) is 0 Å². The van der Waals surface area contributed by atoms with E-state index >= 15 is 0 Å². The fraction of sp³-hybridized carbons (Fsp3) is 0.0952. The van der Waals surface area contributed by atoms with Gasteiger partial charge >= 0.3 is 10.1 Å². The number of benzene rings is 3. The number of methoxy groups -OCH3 is 1. The largest absolute Gasteiger partial charge is 0.493 e. The highest BCUT2D eigenvalue weighted by Crippen LogP contribution is 2.30. The lowest BCUT2D eigenvalue weighted by Crippen LogP contribution is -2.18. The molecule has 0 unspecified atom stereocenters. The van der Waals surface area contributed by atoms with Crippen molar-refractivity contribution in [1.29, 1.82) is 0 Å². The van der Waals surface area contributed by atoms with Crippen LogP contribution in [0.5, 0.6) is 11.5 Å². The molecule has 8 nitrogen and oxygen atoms in total. The van der Waals surface area contributed by atoms with Crippen molar-refractivity contribution in [1.82, 2.24) is 4.83 Å². The average Bonchev–Trinajstić information content (AvgIpc) is 2.74. The van der Waals surface area contributed by atoms with Crippen LogP contribution < -0.4 is 13.8 Å². The Balaban J connectivity index is 1.81. The van der Waals surface area contributed by atoms with Gasteiger partial charge in [-0.2, -0.15) is 21.9 Å². The molecule has 0 fully saturated rings. The molecule has 0 saturated carbocycles. The van der Waals surface area contributed by atoms with E-state index < -0.39 is 20.1 Å². The molecule has 3 rings (SSSR count). The van der Waals surface area contributed by atoms with Crippen molar-refractivity contribution in [2.24, 2.45) is 5.10 Å². The average molecular weight is 461 g/mol. The Morgan fingerprint density at radius 1 is 0.839 bits per heavy atom. The topological polar surface area (TPSA) is 111 Å². The van der Waals surface area contributed by atoms with Crippen molar-refractivity contribution >= 4 is 26.4 Å². The fourth-order valence-corrected chi connectivity index (χ4v) is 4.28. The highest BCUT2D eigenvalue weighted by molar-refractivity contribution is 7.89. The number of nitrogens with one attached hydrogen (secondary N) is 1. The molecule has 0 heterocycles. The Morgan fingerprint density at radius 2 is 1.52 bits per heavy atom. The third-order valence-corrected chi connectivity index (χ3v) is 6.62. The summed E-state index contributed by atoms with van der Waals surface area (Å²) in [5, 5.41) is 3.75. The first-order chi connectivity index (χ1) is 14.7. The number of nitrogens with zero attached hydrogens (tertiary/aromatic N) is 1. The van der Waals surface area contributed by atoms with E-state index in [0.717, 1.165) is 5.56 Å². The highest BCUT2D eigenvalue weighted by atomic mass is 32.2. The Bertz CT molecular complexity index is 1290. The highest BCUT2D eigenvalue weighted by Gasteiger charge is 2.19. The molecule has 0 amide bonds. The van der Waals surface area contributed by atoms with Gasteiger partial charge in [0.1, 0.15) is 4.90 Å². The van der Waals surface area contributed by atoms with Crippen LogP contribution in [0.4, 0.5) is 0 Å². The first kappa shape index (κ1) is 22.3. The molecule has 1 N–H and O–H groups in total. The molecule has 0 atom stereocenters. The van der Waals surface area contributed by atoms with Gasteiger partial charge < -0.3 is 8.92 Å². The summed E-state index contributed by atoms with van der Waals surface area (Å²) in [6, 6.07) is 18.4. The summed E-state index contributed by atoms with van der Waals surface area (Å²) in [7, 11) is -6.54. The normalized spacial score (nSPS) is 11.9. The molecule has 0 bridgehead atoms. The molecule has 3 aromatic carbocycles. The number of rotatable bonds is 8. The van der Waals surface area contributed by atoms with Crippen LogP contribution in [0, 0.1) is 6.92 Å². The number of hydrogen-bond donors (Lipinski definition) is 1. The lowest BCUT2D eigenvalue weighted by atomic mass is 10.2. The van der Waals surface area contributed by atoms with Crippen molar-refractivity contribution in [3.8, 4) is 11.5 Å². The third-order valence-electron chi connectivity index (χ3n) is 4.14. The lowest BCUT2D eigenvalue weighted by Gasteiger charge is -2.11. The SMILES string of the molecule is COc1ccc(/C=N\NS(=O)(=O)c2ccc(C)cc2)cc1OS(=O)(=O)c1ccccc1. The third kappa shape index (κ3) is 5.62. The minimum Gasteiger partial charge on any atom is -0.493 e. The molecular weight excluding hydrogens is 440 g/mol. The van der Waals surface area contributed by atoms with Gasteiger partial charge in [-0.3, -0.25) is 0 Å². The van der Waals surface area contributed by atoms with Crippen LogP contribution in [0.3, 0.4) is 0 Å². The van der Waals surface area contributed by atoms with Gasteiger partial charge in [-0.1, -0.05) is 35.9 Å². The van der Waals surface area contributed by atoms with Gasteiger partial charge in [0.25, 0.3) is 10.0 Å². The summed E-state index contributed by atoms with van der Waals surface area (Å²) < 4.78 is 60.0. The number of hydrazone groups is 1. The van der Waals surface area contributed by atoms with Crippen molar-refractivity contribution in [2.75, 3.05) is 7.11 Å². The van der Waals surface area contributed by atoms with Crippen molar-refractivity contribution < 1.29 is 25.8 Å². The van der Waals surface area contributed by atoms with Gasteiger partial charge in [0, 0.05) is 0 Å². The van der Waals surface area contributed by atoms with Crippen LogP contribution in [0.1, 0.15) is 11.1 Å². The van der Waals surface area contributed by atoms with E-state index in [4.69, 9.17) is 8.92 Å². The Morgan fingerprint density at radius 3 is 2.16 bits per heavy atom. The second kappa shape index (κ2) is 9.19. The second-order valence-electron chi connectivity index (χ2n) is 6.43. The van der Waals surface area contributed by atoms with E-state index in [0.29, 0.717) is 5.56 Å². The summed E-state index contributed by atoms with van der Waals surface area (Å²) in [6.45, 7) is 1.85. The van der Waals surface area contributed by atoms with Crippen molar-refractivity contribution in [2.45, 2.75) is 16.7 Å². The summed E-state index contributed by atoms with van der Waals surface area (Å²) in [4.78, 5) is 2.18. The summed E-state index contributed by atoms with van der Waals surface area (Å²) in [5.74, 6) is 0.133. The molecule has 162 valence electrons. The Labute approximate surface area is 181 Å². The summed E-state index contributed by atoms with van der Waals surface area (Å²) in [6.07, 6.45) is 1.23. The predicted octanol–water partition coefficient (Wildman–Crippen LogP) is 3.08. The van der Waals surface area contributed by atoms with Gasteiger partial charge in [-0.05, 0) is 55.0 Å². The van der Waals surface area contributed by atoms with E-state index in [2.05, 4.69) is 9.93 Å². The number of aryl methyl sites for hydroxylation is 1. The van der Waals surface area contributed by atoms with Crippen LogP contribution >= 0.6 is 0 Å². The smallest absolute Gasteiger partial charge is 0.339 e. The predicted molar refractivity (Wildman–Crippen MR) is 116 cm³/mol. The van der Waals surface area contributed by atoms with Crippen LogP contribution in [-0.2, 0) is 20.1 Å². The standard InChI is InChI=1S/C21H20N2O6S2/c1-16-8-11-18(12-9-16)30(24,25)23-22-15-17-10-13-20(28-2)21(14-17)29-31(26,27)19-6-4-3-5-7-19/h3-15,23H,1-2H3/b22-15-. The van der Waals surface area contributed by atoms with Crippen LogP contribution in [0.15, 0.2) is 87.7 Å². The molecular formula is C21H20N2O6S2. The van der Waals surface area contributed by atoms with E-state index in [1.54, 1.807) is 36.4 Å². The van der Waals surface area contributed by atoms with Gasteiger partial charge in [0.2, 0.25) is 0 Å². The van der Waals surface area contributed by atoms with Crippen LogP contribution in [-0.4, -0.2) is 30.2 Å². The zero-order valence-electron chi connectivity index (χ0n) is 16.7. The monoisotopic (exact) mass is 460 g/mol. The van der Waals surface area contributed by atoms with Crippen molar-refractivity contribution in [3.05, 3.63) is 83.9 Å². The number of sulfonamides is 1. The Hall–Kier alpha value is -3.37.